The van der Waals surface area contributed by atoms with Gasteiger partial charge in [-0.25, -0.2) is 4.57 Å². The van der Waals surface area contributed by atoms with E-state index in [-0.39, 0.29) is 0 Å². The van der Waals surface area contributed by atoms with Gasteiger partial charge in [-0.1, -0.05) is 13.8 Å². The second-order valence-corrected chi connectivity index (χ2v) is 4.16. The predicted octanol–water partition coefficient (Wildman–Crippen LogP) is 2.72. The fraction of sp³-hybridized carbons (Fsp3) is 0.583. The van der Waals surface area contributed by atoms with Gasteiger partial charge >= 0.3 is 0 Å². The largest absolute Gasteiger partial charge is 0.205 e. The lowest BCUT2D eigenvalue weighted by molar-refractivity contribution is -0.697. The summed E-state index contributed by atoms with van der Waals surface area (Å²) in [5.41, 5.74) is 1.34. The summed E-state index contributed by atoms with van der Waals surface area (Å²) >= 11 is 0. The SMILES string of the molecule is Cc1ccc[n+](CCCC(C)C)c1. The van der Waals surface area contributed by atoms with Crippen LogP contribution in [0.3, 0.4) is 0 Å². The Labute approximate surface area is 81.4 Å². The topological polar surface area (TPSA) is 3.88 Å². The lowest BCUT2D eigenvalue weighted by atomic mass is 10.1. The first kappa shape index (κ1) is 10.2. The number of aromatic nitrogens is 1. The van der Waals surface area contributed by atoms with E-state index in [0.717, 1.165) is 12.5 Å². The molecule has 72 valence electrons. The van der Waals surface area contributed by atoms with Crippen LogP contribution in [0, 0.1) is 12.8 Å². The fourth-order valence-corrected chi connectivity index (χ4v) is 1.47. The molecule has 0 aliphatic heterocycles. The molecule has 0 amide bonds. The normalized spacial score (nSPS) is 10.8. The van der Waals surface area contributed by atoms with Gasteiger partial charge in [0.1, 0.15) is 6.54 Å². The van der Waals surface area contributed by atoms with Gasteiger partial charge in [-0.3, -0.25) is 0 Å². The van der Waals surface area contributed by atoms with E-state index in [9.17, 15) is 0 Å². The summed E-state index contributed by atoms with van der Waals surface area (Å²) in [4.78, 5) is 0. The van der Waals surface area contributed by atoms with Crippen LogP contribution in [-0.2, 0) is 6.54 Å². The zero-order chi connectivity index (χ0) is 9.68. The third-order valence-electron chi connectivity index (χ3n) is 2.20. The molecule has 1 nitrogen and oxygen atoms in total. The van der Waals surface area contributed by atoms with Crippen LogP contribution in [0.2, 0.25) is 0 Å². The van der Waals surface area contributed by atoms with Crippen molar-refractivity contribution in [1.29, 1.82) is 0 Å². The third kappa shape index (κ3) is 4.07. The molecule has 1 heteroatoms. The number of hydrogen-bond donors (Lipinski definition) is 0. The summed E-state index contributed by atoms with van der Waals surface area (Å²) in [6.45, 7) is 7.85. The Hall–Kier alpha value is -0.850. The van der Waals surface area contributed by atoms with Crippen LogP contribution in [0.4, 0.5) is 0 Å². The van der Waals surface area contributed by atoms with Crippen molar-refractivity contribution in [2.24, 2.45) is 5.92 Å². The Kier molecular flexibility index (Phi) is 3.94. The molecule has 1 aromatic rings. The lowest BCUT2D eigenvalue weighted by Gasteiger charge is -2.01. The average Bonchev–Trinajstić information content (AvgIpc) is 2.03. The Morgan fingerprint density at radius 2 is 2.15 bits per heavy atom. The molecular formula is C12H20N+. The molecule has 1 heterocycles. The minimum absolute atomic E-state index is 0.824. The van der Waals surface area contributed by atoms with Crippen molar-refractivity contribution in [3.05, 3.63) is 30.1 Å². The van der Waals surface area contributed by atoms with Gasteiger partial charge in [0.2, 0.25) is 0 Å². The lowest BCUT2D eigenvalue weighted by Crippen LogP contribution is -2.33. The molecule has 0 N–H and O–H groups in total. The highest BCUT2D eigenvalue weighted by Crippen LogP contribution is 2.02. The van der Waals surface area contributed by atoms with Crippen molar-refractivity contribution in [1.82, 2.24) is 0 Å². The van der Waals surface area contributed by atoms with Crippen molar-refractivity contribution in [2.75, 3.05) is 0 Å². The highest BCUT2D eigenvalue weighted by molar-refractivity contribution is 5.01. The standard InChI is InChI=1S/C12H20N/c1-11(2)6-4-8-13-9-5-7-12(3)10-13/h5,7,9-11H,4,6,8H2,1-3H3/q+1. The Morgan fingerprint density at radius 3 is 2.77 bits per heavy atom. The molecule has 1 aromatic heterocycles. The monoisotopic (exact) mass is 178 g/mol. The molecule has 0 aromatic carbocycles. The zero-order valence-electron chi connectivity index (χ0n) is 8.96. The maximum atomic E-state index is 2.28. The van der Waals surface area contributed by atoms with Crippen LogP contribution in [-0.4, -0.2) is 0 Å². The second kappa shape index (κ2) is 5.00. The molecule has 0 aliphatic rings. The van der Waals surface area contributed by atoms with E-state index in [0.29, 0.717) is 0 Å². The Morgan fingerprint density at radius 1 is 1.38 bits per heavy atom. The van der Waals surface area contributed by atoms with Crippen LogP contribution in [0.1, 0.15) is 32.3 Å². The molecule has 0 fully saturated rings. The van der Waals surface area contributed by atoms with Crippen molar-refractivity contribution in [3.8, 4) is 0 Å². The molecule has 0 unspecified atom stereocenters. The number of hydrogen-bond acceptors (Lipinski definition) is 0. The van der Waals surface area contributed by atoms with Gasteiger partial charge in [0, 0.05) is 18.1 Å². The number of aryl methyl sites for hydroxylation is 2. The Bertz CT molecular complexity index is 253. The van der Waals surface area contributed by atoms with Crippen molar-refractivity contribution in [3.63, 3.8) is 0 Å². The fourth-order valence-electron chi connectivity index (χ4n) is 1.47. The first-order chi connectivity index (χ1) is 6.18. The van der Waals surface area contributed by atoms with Gasteiger partial charge in [-0.2, -0.15) is 0 Å². The first-order valence-electron chi connectivity index (χ1n) is 5.14. The highest BCUT2D eigenvalue weighted by atomic mass is 14.9. The molecule has 0 saturated heterocycles. The summed E-state index contributed by atoms with van der Waals surface area (Å²) in [5, 5.41) is 0. The molecule has 13 heavy (non-hydrogen) atoms. The number of nitrogens with zero attached hydrogens (tertiary/aromatic N) is 1. The van der Waals surface area contributed by atoms with Gasteiger partial charge in [0.25, 0.3) is 0 Å². The van der Waals surface area contributed by atoms with Crippen LogP contribution in [0.15, 0.2) is 24.5 Å². The average molecular weight is 178 g/mol. The van der Waals surface area contributed by atoms with Crippen LogP contribution in [0.25, 0.3) is 0 Å². The van der Waals surface area contributed by atoms with E-state index >= 15 is 0 Å². The molecule has 1 rings (SSSR count). The first-order valence-corrected chi connectivity index (χ1v) is 5.14. The molecule has 0 saturated carbocycles. The minimum Gasteiger partial charge on any atom is -0.205 e. The minimum atomic E-state index is 0.824. The molecule has 0 atom stereocenters. The summed E-state index contributed by atoms with van der Waals surface area (Å²) < 4.78 is 2.28. The molecule has 0 bridgehead atoms. The van der Waals surface area contributed by atoms with Crippen molar-refractivity contribution >= 4 is 0 Å². The van der Waals surface area contributed by atoms with E-state index in [1.165, 1.54) is 18.4 Å². The smallest absolute Gasteiger partial charge is 0.171 e. The van der Waals surface area contributed by atoms with Crippen LogP contribution < -0.4 is 4.57 Å². The van der Waals surface area contributed by atoms with Crippen molar-refractivity contribution < 1.29 is 4.57 Å². The summed E-state index contributed by atoms with van der Waals surface area (Å²) in [6.07, 6.45) is 6.96. The van der Waals surface area contributed by atoms with Crippen molar-refractivity contribution in [2.45, 2.75) is 40.2 Å². The molecule has 0 spiro atoms. The second-order valence-electron chi connectivity index (χ2n) is 4.16. The summed E-state index contributed by atoms with van der Waals surface area (Å²) in [5.74, 6) is 0.824. The van der Waals surface area contributed by atoms with Gasteiger partial charge in [-0.15, -0.1) is 0 Å². The van der Waals surface area contributed by atoms with Crippen LogP contribution in [0.5, 0.6) is 0 Å². The third-order valence-corrected chi connectivity index (χ3v) is 2.20. The van der Waals surface area contributed by atoms with E-state index in [4.69, 9.17) is 0 Å². The number of rotatable bonds is 4. The van der Waals surface area contributed by atoms with Gasteiger partial charge in [0.05, 0.1) is 0 Å². The van der Waals surface area contributed by atoms with E-state index < -0.39 is 0 Å². The summed E-state index contributed by atoms with van der Waals surface area (Å²) in [7, 11) is 0. The number of pyridine rings is 1. The highest BCUT2D eigenvalue weighted by Gasteiger charge is 2.00. The van der Waals surface area contributed by atoms with Crippen LogP contribution >= 0.6 is 0 Å². The maximum Gasteiger partial charge on any atom is 0.171 e. The van der Waals surface area contributed by atoms with Gasteiger partial charge < -0.3 is 0 Å². The molecule has 0 radical (unpaired) electrons. The van der Waals surface area contributed by atoms with E-state index in [1.807, 2.05) is 0 Å². The quantitative estimate of drug-likeness (QED) is 0.624. The maximum absolute atomic E-state index is 2.28. The van der Waals surface area contributed by atoms with Gasteiger partial charge in [-0.05, 0) is 25.3 Å². The summed E-state index contributed by atoms with van der Waals surface area (Å²) in [6, 6.07) is 4.25. The Balaban J connectivity index is 2.37. The van der Waals surface area contributed by atoms with E-state index in [1.54, 1.807) is 0 Å². The van der Waals surface area contributed by atoms with Gasteiger partial charge in [0.15, 0.2) is 12.4 Å². The predicted molar refractivity (Wildman–Crippen MR) is 55.4 cm³/mol. The molecule has 0 aliphatic carbocycles. The zero-order valence-corrected chi connectivity index (χ0v) is 8.96. The van der Waals surface area contributed by atoms with E-state index in [2.05, 4.69) is 49.9 Å². The molecular weight excluding hydrogens is 158 g/mol.